The largest absolute Gasteiger partial charge is 0.409 e. The molecule has 0 aromatic carbocycles. The van der Waals surface area contributed by atoms with Gasteiger partial charge in [-0.3, -0.25) is 4.79 Å². The van der Waals surface area contributed by atoms with Gasteiger partial charge in [-0.05, 0) is 44.4 Å². The first-order valence-electron chi connectivity index (χ1n) is 8.41. The fourth-order valence-electron chi connectivity index (χ4n) is 3.82. The molecule has 2 rings (SSSR count). The number of amidine groups is 1. The Labute approximate surface area is 127 Å². The molecular weight excluding hydrogens is 266 g/mol. The van der Waals surface area contributed by atoms with Gasteiger partial charge in [-0.25, -0.2) is 0 Å². The van der Waals surface area contributed by atoms with Crippen LogP contribution < -0.4 is 11.1 Å². The average molecular weight is 295 g/mol. The third-order valence-electron chi connectivity index (χ3n) is 5.47. The Morgan fingerprint density at radius 1 is 1.24 bits per heavy atom. The number of nitrogens with zero attached hydrogens (tertiary/aromatic N) is 1. The summed E-state index contributed by atoms with van der Waals surface area (Å²) in [5, 5.41) is 15.5. The van der Waals surface area contributed by atoms with E-state index in [4.69, 9.17) is 10.9 Å². The van der Waals surface area contributed by atoms with Gasteiger partial charge in [0.25, 0.3) is 0 Å². The minimum Gasteiger partial charge on any atom is -0.409 e. The molecule has 2 aliphatic rings. The molecule has 0 radical (unpaired) electrons. The van der Waals surface area contributed by atoms with E-state index in [-0.39, 0.29) is 17.7 Å². The van der Waals surface area contributed by atoms with Crippen molar-refractivity contribution in [1.82, 2.24) is 5.32 Å². The van der Waals surface area contributed by atoms with E-state index < -0.39 is 5.54 Å². The van der Waals surface area contributed by atoms with Gasteiger partial charge in [0.05, 0.1) is 0 Å². The maximum Gasteiger partial charge on any atom is 0.223 e. The van der Waals surface area contributed by atoms with Crippen molar-refractivity contribution in [2.45, 2.75) is 76.7 Å². The Morgan fingerprint density at radius 2 is 1.86 bits per heavy atom. The van der Waals surface area contributed by atoms with Crippen LogP contribution in [0.2, 0.25) is 0 Å². The third-order valence-corrected chi connectivity index (χ3v) is 5.47. The molecule has 5 nitrogen and oxygen atoms in total. The van der Waals surface area contributed by atoms with Crippen molar-refractivity contribution in [3.8, 4) is 0 Å². The standard InChI is InChI=1S/C16H29N3O2/c1-2-12-8-10-16(11-9-12,15(17)19-21)18-14(20)13-6-4-3-5-7-13/h12-13,21H,2-11H2,1H3,(H2,17,19)(H,18,20). The van der Waals surface area contributed by atoms with E-state index in [0.29, 0.717) is 5.92 Å². The Balaban J connectivity index is 2.04. The molecule has 0 bridgehead atoms. The molecule has 2 aliphatic carbocycles. The van der Waals surface area contributed by atoms with E-state index in [1.54, 1.807) is 0 Å². The number of oxime groups is 1. The van der Waals surface area contributed by atoms with Crippen molar-refractivity contribution < 1.29 is 10.0 Å². The minimum absolute atomic E-state index is 0.0937. The van der Waals surface area contributed by atoms with E-state index in [1.807, 2.05) is 0 Å². The number of nitrogens with two attached hydrogens (primary N) is 1. The van der Waals surface area contributed by atoms with Crippen LogP contribution in [-0.4, -0.2) is 22.5 Å². The number of hydrogen-bond donors (Lipinski definition) is 3. The summed E-state index contributed by atoms with van der Waals surface area (Å²) in [5.41, 5.74) is 5.30. The van der Waals surface area contributed by atoms with Crippen LogP contribution in [0.1, 0.15) is 71.1 Å². The lowest BCUT2D eigenvalue weighted by molar-refractivity contribution is -0.127. The zero-order valence-electron chi connectivity index (χ0n) is 13.1. The van der Waals surface area contributed by atoms with Crippen LogP contribution in [0, 0.1) is 11.8 Å². The molecule has 5 heteroatoms. The Kier molecular flexibility index (Phi) is 5.48. The Bertz CT molecular complexity index is 381. The van der Waals surface area contributed by atoms with E-state index in [1.165, 1.54) is 6.42 Å². The molecule has 2 saturated carbocycles. The highest BCUT2D eigenvalue weighted by molar-refractivity contribution is 5.94. The van der Waals surface area contributed by atoms with Crippen molar-refractivity contribution in [2.75, 3.05) is 0 Å². The van der Waals surface area contributed by atoms with Gasteiger partial charge in [0.1, 0.15) is 5.54 Å². The smallest absolute Gasteiger partial charge is 0.223 e. The third kappa shape index (κ3) is 3.69. The van der Waals surface area contributed by atoms with Gasteiger partial charge in [-0.2, -0.15) is 0 Å². The van der Waals surface area contributed by atoms with Crippen LogP contribution in [0.15, 0.2) is 5.16 Å². The first-order chi connectivity index (χ1) is 10.1. The molecule has 0 heterocycles. The zero-order valence-corrected chi connectivity index (χ0v) is 13.1. The molecule has 0 atom stereocenters. The number of carbonyl (C=O) groups is 1. The average Bonchev–Trinajstić information content (AvgIpc) is 2.55. The number of nitrogens with one attached hydrogen (secondary N) is 1. The summed E-state index contributed by atoms with van der Waals surface area (Å²) in [4.78, 5) is 12.5. The molecule has 0 aromatic rings. The second-order valence-electron chi connectivity index (χ2n) is 6.74. The predicted octanol–water partition coefficient (Wildman–Crippen LogP) is 2.77. The fourth-order valence-corrected chi connectivity index (χ4v) is 3.82. The van der Waals surface area contributed by atoms with Crippen molar-refractivity contribution in [3.05, 3.63) is 0 Å². The van der Waals surface area contributed by atoms with Crippen LogP contribution >= 0.6 is 0 Å². The maximum atomic E-state index is 12.5. The van der Waals surface area contributed by atoms with Gasteiger partial charge >= 0.3 is 0 Å². The number of amides is 1. The van der Waals surface area contributed by atoms with E-state index in [2.05, 4.69) is 17.4 Å². The maximum absolute atomic E-state index is 12.5. The second-order valence-corrected chi connectivity index (χ2v) is 6.74. The molecule has 21 heavy (non-hydrogen) atoms. The summed E-state index contributed by atoms with van der Waals surface area (Å²) in [6.07, 6.45) is 10.2. The quantitative estimate of drug-likeness (QED) is 0.322. The summed E-state index contributed by atoms with van der Waals surface area (Å²) < 4.78 is 0. The van der Waals surface area contributed by atoms with Crippen LogP contribution in [0.25, 0.3) is 0 Å². The molecule has 1 amide bonds. The predicted molar refractivity (Wildman–Crippen MR) is 83.1 cm³/mol. The monoisotopic (exact) mass is 295 g/mol. The summed E-state index contributed by atoms with van der Waals surface area (Å²) in [6, 6.07) is 0. The summed E-state index contributed by atoms with van der Waals surface area (Å²) in [5.74, 6) is 1.06. The highest BCUT2D eigenvalue weighted by Gasteiger charge is 2.41. The number of carbonyl (C=O) groups excluding carboxylic acids is 1. The number of rotatable bonds is 4. The number of hydrogen-bond acceptors (Lipinski definition) is 3. The van der Waals surface area contributed by atoms with Crippen LogP contribution in [-0.2, 0) is 4.79 Å². The lowest BCUT2D eigenvalue weighted by atomic mass is 9.74. The van der Waals surface area contributed by atoms with Crippen molar-refractivity contribution in [3.63, 3.8) is 0 Å². The molecule has 0 aromatic heterocycles. The summed E-state index contributed by atoms with van der Waals surface area (Å²) >= 11 is 0. The normalized spacial score (nSPS) is 31.9. The minimum atomic E-state index is -0.630. The van der Waals surface area contributed by atoms with E-state index in [0.717, 1.165) is 57.8 Å². The van der Waals surface area contributed by atoms with Gasteiger partial charge < -0.3 is 16.3 Å². The lowest BCUT2D eigenvalue weighted by Crippen LogP contribution is -2.60. The van der Waals surface area contributed by atoms with Gasteiger partial charge in [0.2, 0.25) is 5.91 Å². The summed E-state index contributed by atoms with van der Waals surface area (Å²) in [6.45, 7) is 2.20. The molecule has 0 saturated heterocycles. The first kappa shape index (κ1) is 16.1. The molecule has 0 spiro atoms. The first-order valence-corrected chi connectivity index (χ1v) is 8.41. The SMILES string of the molecule is CCC1CCC(NC(=O)C2CCCCC2)(/C(N)=N/O)CC1. The molecule has 4 N–H and O–H groups in total. The van der Waals surface area contributed by atoms with Crippen LogP contribution in [0.4, 0.5) is 0 Å². The second kappa shape index (κ2) is 7.14. The van der Waals surface area contributed by atoms with Gasteiger partial charge in [0.15, 0.2) is 5.84 Å². The van der Waals surface area contributed by atoms with Crippen LogP contribution in [0.5, 0.6) is 0 Å². The molecule has 2 fully saturated rings. The van der Waals surface area contributed by atoms with Crippen molar-refractivity contribution in [2.24, 2.45) is 22.7 Å². The Hall–Kier alpha value is -1.26. The highest BCUT2D eigenvalue weighted by Crippen LogP contribution is 2.35. The summed E-state index contributed by atoms with van der Waals surface area (Å²) in [7, 11) is 0. The van der Waals surface area contributed by atoms with Gasteiger partial charge in [-0.15, -0.1) is 0 Å². The molecule has 120 valence electrons. The fraction of sp³-hybridized carbons (Fsp3) is 0.875. The van der Waals surface area contributed by atoms with Gasteiger partial charge in [0, 0.05) is 5.92 Å². The highest BCUT2D eigenvalue weighted by atomic mass is 16.4. The van der Waals surface area contributed by atoms with E-state index >= 15 is 0 Å². The molecule has 0 unspecified atom stereocenters. The van der Waals surface area contributed by atoms with Crippen LogP contribution in [0.3, 0.4) is 0 Å². The Morgan fingerprint density at radius 3 is 2.38 bits per heavy atom. The zero-order chi connectivity index (χ0) is 15.3. The molecule has 0 aliphatic heterocycles. The van der Waals surface area contributed by atoms with Crippen molar-refractivity contribution >= 4 is 11.7 Å². The van der Waals surface area contributed by atoms with Gasteiger partial charge in [-0.1, -0.05) is 37.8 Å². The topological polar surface area (TPSA) is 87.7 Å². The molecular formula is C16H29N3O2. The lowest BCUT2D eigenvalue weighted by Gasteiger charge is -2.40. The van der Waals surface area contributed by atoms with Crippen molar-refractivity contribution in [1.29, 1.82) is 0 Å². The van der Waals surface area contributed by atoms with E-state index in [9.17, 15) is 4.79 Å².